The van der Waals surface area contributed by atoms with Crippen molar-refractivity contribution < 1.29 is 23.8 Å². The highest BCUT2D eigenvalue weighted by molar-refractivity contribution is 5.77. The van der Waals surface area contributed by atoms with E-state index >= 15 is 0 Å². The lowest BCUT2D eigenvalue weighted by atomic mass is 10.2. The molecule has 0 N–H and O–H groups in total. The maximum atomic E-state index is 10.8. The molecule has 0 aliphatic rings. The Morgan fingerprint density at radius 3 is 1.48 bits per heavy atom. The molecule has 2 aromatic carbocycles. The van der Waals surface area contributed by atoms with Crippen LogP contribution < -0.4 is 14.2 Å². The molecule has 0 atom stereocenters. The molecule has 2 aromatic rings. The fraction of sp³-hybridized carbons (Fsp3) is 0.125. The van der Waals surface area contributed by atoms with Gasteiger partial charge in [-0.05, 0) is 36.4 Å². The van der Waals surface area contributed by atoms with E-state index in [0.29, 0.717) is 34.1 Å². The molecule has 2 rings (SSSR count). The van der Waals surface area contributed by atoms with Gasteiger partial charge in [-0.3, -0.25) is 9.59 Å². The van der Waals surface area contributed by atoms with Crippen molar-refractivity contribution in [1.29, 1.82) is 0 Å². The van der Waals surface area contributed by atoms with Crippen molar-refractivity contribution in [3.8, 4) is 23.0 Å². The van der Waals surface area contributed by atoms with E-state index in [-0.39, 0.29) is 0 Å². The van der Waals surface area contributed by atoms with Crippen LogP contribution >= 0.6 is 0 Å². The van der Waals surface area contributed by atoms with Crippen molar-refractivity contribution in [1.82, 2.24) is 0 Å². The summed E-state index contributed by atoms with van der Waals surface area (Å²) in [7, 11) is 2.98. The van der Waals surface area contributed by atoms with Crippen LogP contribution in [0.5, 0.6) is 23.0 Å². The first-order chi connectivity index (χ1) is 10.2. The highest BCUT2D eigenvalue weighted by atomic mass is 16.5. The molecule has 0 saturated heterocycles. The molecular formula is C16H14O5. The first-order valence-electron chi connectivity index (χ1n) is 6.16. The van der Waals surface area contributed by atoms with Gasteiger partial charge in [0.05, 0.1) is 14.2 Å². The molecule has 0 spiro atoms. The molecule has 0 unspecified atom stereocenters. The second-order valence-corrected chi connectivity index (χ2v) is 4.16. The van der Waals surface area contributed by atoms with Crippen LogP contribution in [0.15, 0.2) is 36.4 Å². The van der Waals surface area contributed by atoms with Crippen molar-refractivity contribution in [3.05, 3.63) is 47.5 Å². The molecular weight excluding hydrogens is 272 g/mol. The summed E-state index contributed by atoms with van der Waals surface area (Å²) in [5.74, 6) is 1.75. The van der Waals surface area contributed by atoms with Gasteiger partial charge < -0.3 is 14.2 Å². The van der Waals surface area contributed by atoms with Gasteiger partial charge in [-0.15, -0.1) is 0 Å². The summed E-state index contributed by atoms with van der Waals surface area (Å²) in [6.07, 6.45) is 1.46. The predicted molar refractivity (Wildman–Crippen MR) is 76.8 cm³/mol. The lowest BCUT2D eigenvalue weighted by Crippen LogP contribution is -1.95. The number of methoxy groups -OCH3 is 2. The largest absolute Gasteiger partial charge is 0.493 e. The van der Waals surface area contributed by atoms with Gasteiger partial charge in [-0.2, -0.15) is 0 Å². The molecule has 0 amide bonds. The van der Waals surface area contributed by atoms with Crippen molar-refractivity contribution in [2.75, 3.05) is 14.2 Å². The minimum absolute atomic E-state index is 0.432. The molecule has 0 aliphatic heterocycles. The number of hydrogen-bond donors (Lipinski definition) is 0. The molecule has 0 fully saturated rings. The van der Waals surface area contributed by atoms with E-state index in [1.54, 1.807) is 36.4 Å². The van der Waals surface area contributed by atoms with Gasteiger partial charge in [-0.1, -0.05) is 0 Å². The molecule has 0 aromatic heterocycles. The highest BCUT2D eigenvalue weighted by Crippen LogP contribution is 2.36. The Morgan fingerprint density at radius 1 is 0.714 bits per heavy atom. The fourth-order valence-electron chi connectivity index (χ4n) is 1.80. The smallest absolute Gasteiger partial charge is 0.169 e. The van der Waals surface area contributed by atoms with E-state index in [1.165, 1.54) is 14.2 Å². The SMILES string of the molecule is COc1cc(C=O)ccc1Oc1ccc(C=O)cc1OC. The summed E-state index contributed by atoms with van der Waals surface area (Å²) in [6, 6.07) is 9.67. The number of carbonyl (C=O) groups is 2. The van der Waals surface area contributed by atoms with Crippen LogP contribution in [-0.4, -0.2) is 26.8 Å². The van der Waals surface area contributed by atoms with E-state index in [9.17, 15) is 9.59 Å². The third-order valence-corrected chi connectivity index (χ3v) is 2.87. The number of hydrogen-bond acceptors (Lipinski definition) is 5. The van der Waals surface area contributed by atoms with Crippen LogP contribution in [0.1, 0.15) is 20.7 Å². The van der Waals surface area contributed by atoms with Gasteiger partial charge in [-0.25, -0.2) is 0 Å². The average molecular weight is 286 g/mol. The van der Waals surface area contributed by atoms with Crippen molar-refractivity contribution in [2.45, 2.75) is 0 Å². The Labute approximate surface area is 122 Å². The van der Waals surface area contributed by atoms with Crippen LogP contribution in [-0.2, 0) is 0 Å². The Hall–Kier alpha value is -2.82. The standard InChI is InChI=1S/C16H14O5/c1-19-15-7-11(9-17)3-5-13(15)21-14-6-4-12(10-18)8-16(14)20-2/h3-10H,1-2H3. The summed E-state index contributed by atoms with van der Waals surface area (Å²) in [6.45, 7) is 0. The van der Waals surface area contributed by atoms with E-state index in [4.69, 9.17) is 14.2 Å². The molecule has 0 heterocycles. The zero-order chi connectivity index (χ0) is 15.2. The normalized spacial score (nSPS) is 9.81. The maximum Gasteiger partial charge on any atom is 0.169 e. The first-order valence-corrected chi connectivity index (χ1v) is 6.16. The number of rotatable bonds is 6. The minimum Gasteiger partial charge on any atom is -0.493 e. The summed E-state index contributed by atoms with van der Waals surface area (Å²) in [5.41, 5.74) is 0.977. The van der Waals surface area contributed by atoms with E-state index in [1.807, 2.05) is 0 Å². The zero-order valence-electron chi connectivity index (χ0n) is 11.7. The molecule has 0 aliphatic carbocycles. The second kappa shape index (κ2) is 6.56. The quantitative estimate of drug-likeness (QED) is 0.763. The molecule has 21 heavy (non-hydrogen) atoms. The third kappa shape index (κ3) is 3.20. The molecule has 5 nitrogen and oxygen atoms in total. The molecule has 0 bridgehead atoms. The maximum absolute atomic E-state index is 10.8. The van der Waals surface area contributed by atoms with Gasteiger partial charge in [0, 0.05) is 11.1 Å². The lowest BCUT2D eigenvalue weighted by Gasteiger charge is -2.13. The van der Waals surface area contributed by atoms with Crippen LogP contribution in [0.25, 0.3) is 0 Å². The average Bonchev–Trinajstić information content (AvgIpc) is 2.55. The minimum atomic E-state index is 0.432. The first kappa shape index (κ1) is 14.6. The predicted octanol–water partition coefficient (Wildman–Crippen LogP) is 3.12. The topological polar surface area (TPSA) is 61.8 Å². The Balaban J connectivity index is 2.37. The Bertz CT molecular complexity index is 606. The van der Waals surface area contributed by atoms with Crippen LogP contribution in [0, 0.1) is 0 Å². The molecule has 108 valence electrons. The van der Waals surface area contributed by atoms with Gasteiger partial charge in [0.2, 0.25) is 0 Å². The molecule has 0 saturated carbocycles. The lowest BCUT2D eigenvalue weighted by molar-refractivity contribution is 0.111. The fourth-order valence-corrected chi connectivity index (χ4v) is 1.80. The summed E-state index contributed by atoms with van der Waals surface area (Å²) in [4.78, 5) is 21.5. The summed E-state index contributed by atoms with van der Waals surface area (Å²) < 4.78 is 16.1. The van der Waals surface area contributed by atoms with Crippen LogP contribution in [0.3, 0.4) is 0 Å². The number of carbonyl (C=O) groups excluding carboxylic acids is 2. The van der Waals surface area contributed by atoms with E-state index in [2.05, 4.69) is 0 Å². The second-order valence-electron chi connectivity index (χ2n) is 4.16. The van der Waals surface area contributed by atoms with Gasteiger partial charge in [0.15, 0.2) is 23.0 Å². The van der Waals surface area contributed by atoms with Gasteiger partial charge >= 0.3 is 0 Å². The molecule has 5 heteroatoms. The zero-order valence-corrected chi connectivity index (χ0v) is 11.7. The summed E-state index contributed by atoms with van der Waals surface area (Å²) >= 11 is 0. The van der Waals surface area contributed by atoms with Gasteiger partial charge in [0.1, 0.15) is 12.6 Å². The van der Waals surface area contributed by atoms with Crippen molar-refractivity contribution in [3.63, 3.8) is 0 Å². The highest BCUT2D eigenvalue weighted by Gasteiger charge is 2.11. The van der Waals surface area contributed by atoms with E-state index in [0.717, 1.165) is 12.6 Å². The summed E-state index contributed by atoms with van der Waals surface area (Å²) in [5, 5.41) is 0. The molecule has 0 radical (unpaired) electrons. The number of ether oxygens (including phenoxy) is 3. The Morgan fingerprint density at radius 2 is 1.14 bits per heavy atom. The van der Waals surface area contributed by atoms with E-state index < -0.39 is 0 Å². The van der Waals surface area contributed by atoms with Crippen LogP contribution in [0.2, 0.25) is 0 Å². The number of benzene rings is 2. The monoisotopic (exact) mass is 286 g/mol. The van der Waals surface area contributed by atoms with Crippen molar-refractivity contribution in [2.24, 2.45) is 0 Å². The van der Waals surface area contributed by atoms with Crippen LogP contribution in [0.4, 0.5) is 0 Å². The number of aldehydes is 2. The third-order valence-electron chi connectivity index (χ3n) is 2.87. The Kier molecular flexibility index (Phi) is 4.56. The van der Waals surface area contributed by atoms with Crippen molar-refractivity contribution >= 4 is 12.6 Å². The van der Waals surface area contributed by atoms with Gasteiger partial charge in [0.25, 0.3) is 0 Å².